The van der Waals surface area contributed by atoms with Crippen molar-refractivity contribution >= 4 is 60.5 Å². The highest BCUT2D eigenvalue weighted by Crippen LogP contribution is 2.53. The Bertz CT molecular complexity index is 3620. The summed E-state index contributed by atoms with van der Waals surface area (Å²) in [5.74, 6) is 0. The van der Waals surface area contributed by atoms with Gasteiger partial charge in [-0.1, -0.05) is 200 Å². The fourth-order valence-corrected chi connectivity index (χ4v) is 9.85. The van der Waals surface area contributed by atoms with Crippen molar-refractivity contribution in [2.24, 2.45) is 0 Å². The van der Waals surface area contributed by atoms with Crippen LogP contribution in [-0.2, 0) is 0 Å². The molecule has 0 amide bonds. The number of anilines is 3. The normalized spacial score (nSPS) is 11.4. The molecule has 12 aromatic rings. The molecular weight excluding hydrogens is 775 g/mol. The van der Waals surface area contributed by atoms with Crippen LogP contribution in [-0.4, -0.2) is 0 Å². The van der Waals surface area contributed by atoms with Gasteiger partial charge in [-0.05, 0) is 126 Å². The Labute approximate surface area is 372 Å². The summed E-state index contributed by atoms with van der Waals surface area (Å²) in [7, 11) is 0. The minimum Gasteiger partial charge on any atom is -0.456 e. The molecule has 1 aromatic heterocycles. The van der Waals surface area contributed by atoms with E-state index >= 15 is 0 Å². The van der Waals surface area contributed by atoms with E-state index in [0.717, 1.165) is 44.6 Å². The highest BCUT2D eigenvalue weighted by atomic mass is 16.3. The predicted molar refractivity (Wildman–Crippen MR) is 271 cm³/mol. The van der Waals surface area contributed by atoms with Gasteiger partial charge >= 0.3 is 0 Å². The molecule has 0 saturated carbocycles. The molecule has 0 aliphatic heterocycles. The minimum absolute atomic E-state index is 0.879. The highest BCUT2D eigenvalue weighted by molar-refractivity contribution is 6.22. The second kappa shape index (κ2) is 15.8. The molecule has 0 unspecified atom stereocenters. The second-order valence-corrected chi connectivity index (χ2v) is 16.4. The maximum atomic E-state index is 6.44. The van der Waals surface area contributed by atoms with E-state index in [1.807, 2.05) is 0 Å². The van der Waals surface area contributed by atoms with E-state index in [1.165, 1.54) is 71.6 Å². The fourth-order valence-electron chi connectivity index (χ4n) is 9.85. The molecule has 0 radical (unpaired) electrons. The summed E-state index contributed by atoms with van der Waals surface area (Å²) >= 11 is 0. The first-order valence-corrected chi connectivity index (χ1v) is 21.9. The quantitative estimate of drug-likeness (QED) is 0.152. The first kappa shape index (κ1) is 37.3. The molecule has 1 heterocycles. The molecule has 0 aliphatic rings. The molecule has 0 aliphatic carbocycles. The van der Waals surface area contributed by atoms with Gasteiger partial charge in [0, 0.05) is 27.8 Å². The zero-order valence-corrected chi connectivity index (χ0v) is 35.0. The summed E-state index contributed by atoms with van der Waals surface area (Å²) in [5, 5.41) is 7.07. The Balaban J connectivity index is 1.10. The summed E-state index contributed by atoms with van der Waals surface area (Å²) in [5.41, 5.74) is 16.9. The molecule has 0 fully saturated rings. The Morgan fingerprint density at radius 3 is 1.39 bits per heavy atom. The smallest absolute Gasteiger partial charge is 0.136 e. The SMILES string of the molecule is c1ccc(-c2c(-c3ccccc3)c(-c3ccccc3)c3c(-c4ccc(N(c5ccccc5)c5ccc6oc7ccc8ccccc8c7c6c5)cc4)cccc3c2-c2ccccc2)cc1. The summed E-state index contributed by atoms with van der Waals surface area (Å²) in [6.07, 6.45) is 0. The first-order valence-electron chi connectivity index (χ1n) is 21.9. The third kappa shape index (κ3) is 6.35. The third-order valence-electron chi connectivity index (χ3n) is 12.6. The van der Waals surface area contributed by atoms with Crippen molar-refractivity contribution in [3.8, 4) is 55.6 Å². The molecule has 11 aromatic carbocycles. The van der Waals surface area contributed by atoms with E-state index in [-0.39, 0.29) is 0 Å². The third-order valence-corrected chi connectivity index (χ3v) is 12.6. The Kier molecular flexibility index (Phi) is 9.20. The number of hydrogen-bond donors (Lipinski definition) is 0. The monoisotopic (exact) mass is 815 g/mol. The van der Waals surface area contributed by atoms with Gasteiger partial charge in [-0.25, -0.2) is 0 Å². The van der Waals surface area contributed by atoms with Crippen LogP contribution < -0.4 is 4.90 Å². The predicted octanol–water partition coefficient (Wildman–Crippen LogP) is 17.7. The molecule has 0 spiro atoms. The fraction of sp³-hybridized carbons (Fsp3) is 0. The summed E-state index contributed by atoms with van der Waals surface area (Å²) in [6, 6.07) is 89.7. The zero-order chi connectivity index (χ0) is 42.4. The van der Waals surface area contributed by atoms with Gasteiger partial charge in [0.1, 0.15) is 11.2 Å². The second-order valence-electron chi connectivity index (χ2n) is 16.4. The molecule has 2 heteroatoms. The number of rotatable bonds is 8. The van der Waals surface area contributed by atoms with Crippen LogP contribution in [0.5, 0.6) is 0 Å². The molecule has 0 saturated heterocycles. The number of fused-ring (bicyclic) bond motifs is 6. The van der Waals surface area contributed by atoms with Crippen molar-refractivity contribution in [1.29, 1.82) is 0 Å². The van der Waals surface area contributed by atoms with Gasteiger partial charge in [-0.2, -0.15) is 0 Å². The van der Waals surface area contributed by atoms with Crippen LogP contribution >= 0.6 is 0 Å². The first-order chi connectivity index (χ1) is 31.8. The maximum absolute atomic E-state index is 6.44. The molecular formula is C62H41NO. The average Bonchev–Trinajstić information content (AvgIpc) is 3.76. The summed E-state index contributed by atoms with van der Waals surface area (Å²) in [4.78, 5) is 2.35. The average molecular weight is 816 g/mol. The number of nitrogens with zero attached hydrogens (tertiary/aromatic N) is 1. The topological polar surface area (TPSA) is 16.4 Å². The van der Waals surface area contributed by atoms with Crippen LogP contribution in [0.15, 0.2) is 253 Å². The number of hydrogen-bond acceptors (Lipinski definition) is 2. The van der Waals surface area contributed by atoms with E-state index in [9.17, 15) is 0 Å². The van der Waals surface area contributed by atoms with Crippen LogP contribution in [0.2, 0.25) is 0 Å². The number of benzene rings is 11. The van der Waals surface area contributed by atoms with Crippen molar-refractivity contribution in [3.05, 3.63) is 249 Å². The van der Waals surface area contributed by atoms with Crippen LogP contribution in [0.4, 0.5) is 17.1 Å². The van der Waals surface area contributed by atoms with E-state index in [1.54, 1.807) is 0 Å². The van der Waals surface area contributed by atoms with E-state index in [2.05, 4.69) is 254 Å². The molecule has 0 bridgehead atoms. The summed E-state index contributed by atoms with van der Waals surface area (Å²) < 4.78 is 6.44. The van der Waals surface area contributed by atoms with Gasteiger partial charge in [0.25, 0.3) is 0 Å². The Morgan fingerprint density at radius 2 is 0.750 bits per heavy atom. The standard InChI is InChI=1S/C62H41NO/c1-6-20-44(21-7-1)57-53-32-18-31-52(62(53)60(47-26-12-4-13-27-47)59(46-24-10-3-11-25-46)58(57)45-22-8-2-9-23-45)43-33-36-49(37-34-43)63(48-28-14-5-15-29-48)50-38-40-55-54(41-50)61-51-30-17-16-19-42(51)35-39-56(61)64-55/h1-41H. The van der Waals surface area contributed by atoms with E-state index in [4.69, 9.17) is 4.42 Å². The van der Waals surface area contributed by atoms with E-state index in [0.29, 0.717) is 0 Å². The molecule has 64 heavy (non-hydrogen) atoms. The lowest BCUT2D eigenvalue weighted by Crippen LogP contribution is -2.09. The van der Waals surface area contributed by atoms with Crippen molar-refractivity contribution in [2.75, 3.05) is 4.90 Å². The Hall–Kier alpha value is -8.46. The lowest BCUT2D eigenvalue weighted by Gasteiger charge is -2.27. The van der Waals surface area contributed by atoms with Crippen LogP contribution in [0.1, 0.15) is 0 Å². The minimum atomic E-state index is 0.879. The number of para-hydroxylation sites is 1. The van der Waals surface area contributed by atoms with Gasteiger partial charge in [0.2, 0.25) is 0 Å². The van der Waals surface area contributed by atoms with E-state index < -0.39 is 0 Å². The molecule has 12 rings (SSSR count). The Morgan fingerprint density at radius 1 is 0.266 bits per heavy atom. The molecule has 300 valence electrons. The van der Waals surface area contributed by atoms with Gasteiger partial charge in [-0.3, -0.25) is 0 Å². The summed E-state index contributed by atoms with van der Waals surface area (Å²) in [6.45, 7) is 0. The van der Waals surface area contributed by atoms with Crippen molar-refractivity contribution < 1.29 is 4.42 Å². The number of furan rings is 1. The van der Waals surface area contributed by atoms with Gasteiger partial charge in [0.15, 0.2) is 0 Å². The van der Waals surface area contributed by atoms with Crippen LogP contribution in [0, 0.1) is 0 Å². The molecule has 2 nitrogen and oxygen atoms in total. The maximum Gasteiger partial charge on any atom is 0.136 e. The van der Waals surface area contributed by atoms with Crippen molar-refractivity contribution in [1.82, 2.24) is 0 Å². The van der Waals surface area contributed by atoms with Crippen LogP contribution in [0.3, 0.4) is 0 Å². The molecule has 0 atom stereocenters. The van der Waals surface area contributed by atoms with Gasteiger partial charge in [-0.15, -0.1) is 0 Å². The van der Waals surface area contributed by atoms with Gasteiger partial charge < -0.3 is 9.32 Å². The lowest BCUT2D eigenvalue weighted by molar-refractivity contribution is 0.669. The largest absolute Gasteiger partial charge is 0.456 e. The molecule has 0 N–H and O–H groups in total. The van der Waals surface area contributed by atoms with Gasteiger partial charge in [0.05, 0.1) is 0 Å². The van der Waals surface area contributed by atoms with Crippen LogP contribution in [0.25, 0.3) is 99.1 Å². The van der Waals surface area contributed by atoms with Crippen molar-refractivity contribution in [3.63, 3.8) is 0 Å². The lowest BCUT2D eigenvalue weighted by atomic mass is 9.77. The van der Waals surface area contributed by atoms with Crippen molar-refractivity contribution in [2.45, 2.75) is 0 Å². The zero-order valence-electron chi connectivity index (χ0n) is 35.0. The highest BCUT2D eigenvalue weighted by Gasteiger charge is 2.26.